The number of hydrogen-bond donors (Lipinski definition) is 1. The van der Waals surface area contributed by atoms with Crippen LogP contribution in [0.3, 0.4) is 0 Å². The number of methoxy groups -OCH3 is 1. The summed E-state index contributed by atoms with van der Waals surface area (Å²) in [4.78, 5) is 0. The van der Waals surface area contributed by atoms with Crippen LogP contribution in [-0.2, 0) is 11.2 Å². The van der Waals surface area contributed by atoms with Crippen LogP contribution < -0.4 is 10.5 Å². The van der Waals surface area contributed by atoms with Gasteiger partial charge in [-0.15, -0.1) is 0 Å². The summed E-state index contributed by atoms with van der Waals surface area (Å²) >= 11 is 11.9. The Morgan fingerprint density at radius 1 is 1.25 bits per heavy atom. The molecular weight excluding hydrogens is 249 g/mol. The van der Waals surface area contributed by atoms with Gasteiger partial charge in [-0.3, -0.25) is 0 Å². The highest BCUT2D eigenvalue weighted by Crippen LogP contribution is 2.32. The van der Waals surface area contributed by atoms with Crippen molar-refractivity contribution in [2.75, 3.05) is 26.9 Å². The van der Waals surface area contributed by atoms with Crippen LogP contribution in [0.5, 0.6) is 5.75 Å². The van der Waals surface area contributed by atoms with E-state index in [1.165, 1.54) is 0 Å². The third kappa shape index (κ3) is 3.83. The Kier molecular flexibility index (Phi) is 5.91. The molecule has 0 heterocycles. The number of nitrogens with two attached hydrogens (primary N) is 1. The topological polar surface area (TPSA) is 44.5 Å². The van der Waals surface area contributed by atoms with Crippen LogP contribution in [0.25, 0.3) is 0 Å². The van der Waals surface area contributed by atoms with Crippen molar-refractivity contribution in [3.63, 3.8) is 0 Å². The van der Waals surface area contributed by atoms with Crippen molar-refractivity contribution in [3.05, 3.63) is 27.7 Å². The first-order valence-corrected chi connectivity index (χ1v) is 5.74. The van der Waals surface area contributed by atoms with E-state index in [0.717, 1.165) is 5.56 Å². The lowest BCUT2D eigenvalue weighted by molar-refractivity contribution is 0.144. The van der Waals surface area contributed by atoms with Gasteiger partial charge in [0.25, 0.3) is 0 Å². The van der Waals surface area contributed by atoms with E-state index in [9.17, 15) is 0 Å². The summed E-state index contributed by atoms with van der Waals surface area (Å²) in [6.45, 7) is 1.65. The summed E-state index contributed by atoms with van der Waals surface area (Å²) in [6.07, 6.45) is 0.698. The van der Waals surface area contributed by atoms with Crippen LogP contribution in [-0.4, -0.2) is 26.9 Å². The standard InChI is InChI=1S/C11H15Cl2NO2/c1-15-11-8(2-4-16-5-3-14)6-9(12)7-10(11)13/h6-7H,2-5,14H2,1H3. The van der Waals surface area contributed by atoms with E-state index in [1.54, 1.807) is 13.2 Å². The highest BCUT2D eigenvalue weighted by atomic mass is 35.5. The summed E-state index contributed by atoms with van der Waals surface area (Å²) in [5.41, 5.74) is 6.26. The van der Waals surface area contributed by atoms with Gasteiger partial charge in [0.15, 0.2) is 0 Å². The molecule has 0 radical (unpaired) electrons. The molecule has 1 rings (SSSR count). The minimum Gasteiger partial charge on any atom is -0.495 e. The predicted octanol–water partition coefficient (Wildman–Crippen LogP) is 2.52. The summed E-state index contributed by atoms with van der Waals surface area (Å²) in [5.74, 6) is 0.655. The van der Waals surface area contributed by atoms with Gasteiger partial charge in [0.1, 0.15) is 5.75 Å². The second-order valence-electron chi connectivity index (χ2n) is 3.23. The molecule has 3 nitrogen and oxygen atoms in total. The van der Waals surface area contributed by atoms with Gasteiger partial charge in [-0.1, -0.05) is 23.2 Å². The Bertz CT molecular complexity index is 345. The fourth-order valence-electron chi connectivity index (χ4n) is 1.40. The molecule has 0 spiro atoms. The lowest BCUT2D eigenvalue weighted by atomic mass is 10.1. The molecule has 0 amide bonds. The van der Waals surface area contributed by atoms with Crippen molar-refractivity contribution in [1.29, 1.82) is 0 Å². The maximum absolute atomic E-state index is 6.00. The van der Waals surface area contributed by atoms with Gasteiger partial charge >= 0.3 is 0 Å². The minimum absolute atomic E-state index is 0.517. The lowest BCUT2D eigenvalue weighted by Gasteiger charge is -2.11. The van der Waals surface area contributed by atoms with Crippen LogP contribution in [0.1, 0.15) is 5.56 Å². The Hall–Kier alpha value is -0.480. The maximum Gasteiger partial charge on any atom is 0.140 e. The van der Waals surface area contributed by atoms with Crippen molar-refractivity contribution in [3.8, 4) is 5.75 Å². The first-order chi connectivity index (χ1) is 7.69. The Morgan fingerprint density at radius 3 is 2.62 bits per heavy atom. The van der Waals surface area contributed by atoms with Crippen LogP contribution in [0.15, 0.2) is 12.1 Å². The molecule has 0 atom stereocenters. The van der Waals surface area contributed by atoms with Gasteiger partial charge < -0.3 is 15.2 Å². The Labute approximate surface area is 105 Å². The molecule has 0 aliphatic heterocycles. The lowest BCUT2D eigenvalue weighted by Crippen LogP contribution is -2.10. The average Bonchev–Trinajstić information content (AvgIpc) is 2.24. The minimum atomic E-state index is 0.517. The fraction of sp³-hybridized carbons (Fsp3) is 0.455. The van der Waals surface area contributed by atoms with Gasteiger partial charge in [0.2, 0.25) is 0 Å². The molecule has 5 heteroatoms. The predicted molar refractivity (Wildman–Crippen MR) is 66.6 cm³/mol. The molecule has 0 aromatic heterocycles. The van der Waals surface area contributed by atoms with E-state index >= 15 is 0 Å². The molecular formula is C11H15Cl2NO2. The average molecular weight is 264 g/mol. The number of halogens is 2. The SMILES string of the molecule is COc1c(Cl)cc(Cl)cc1CCOCCN. The number of ether oxygens (including phenoxy) is 2. The number of rotatable bonds is 6. The van der Waals surface area contributed by atoms with E-state index in [0.29, 0.717) is 42.0 Å². The second kappa shape index (κ2) is 6.97. The zero-order chi connectivity index (χ0) is 12.0. The van der Waals surface area contributed by atoms with E-state index in [4.69, 9.17) is 38.4 Å². The van der Waals surface area contributed by atoms with Crippen molar-refractivity contribution >= 4 is 23.2 Å². The molecule has 0 saturated carbocycles. The molecule has 1 aromatic carbocycles. The van der Waals surface area contributed by atoms with Crippen LogP contribution in [0, 0.1) is 0 Å². The van der Waals surface area contributed by atoms with Gasteiger partial charge in [-0.2, -0.15) is 0 Å². The van der Waals surface area contributed by atoms with E-state index < -0.39 is 0 Å². The van der Waals surface area contributed by atoms with Crippen LogP contribution in [0.2, 0.25) is 10.0 Å². The van der Waals surface area contributed by atoms with Crippen molar-refractivity contribution in [2.45, 2.75) is 6.42 Å². The summed E-state index contributed by atoms with van der Waals surface area (Å²) in [5, 5.41) is 1.11. The molecule has 0 aliphatic carbocycles. The molecule has 0 saturated heterocycles. The molecule has 1 aromatic rings. The molecule has 0 unspecified atom stereocenters. The summed E-state index contributed by atoms with van der Waals surface area (Å²) in [7, 11) is 1.58. The smallest absolute Gasteiger partial charge is 0.140 e. The molecule has 0 bridgehead atoms. The van der Waals surface area contributed by atoms with Crippen molar-refractivity contribution < 1.29 is 9.47 Å². The number of benzene rings is 1. The Morgan fingerprint density at radius 2 is 2.00 bits per heavy atom. The third-order valence-electron chi connectivity index (χ3n) is 2.07. The molecule has 16 heavy (non-hydrogen) atoms. The molecule has 90 valence electrons. The largest absolute Gasteiger partial charge is 0.495 e. The highest BCUT2D eigenvalue weighted by molar-refractivity contribution is 6.35. The molecule has 0 fully saturated rings. The normalized spacial score (nSPS) is 10.5. The highest BCUT2D eigenvalue weighted by Gasteiger charge is 2.09. The zero-order valence-electron chi connectivity index (χ0n) is 9.13. The number of hydrogen-bond acceptors (Lipinski definition) is 3. The quantitative estimate of drug-likeness (QED) is 0.803. The van der Waals surface area contributed by atoms with Gasteiger partial charge in [-0.05, 0) is 24.1 Å². The van der Waals surface area contributed by atoms with Crippen molar-refractivity contribution in [1.82, 2.24) is 0 Å². The van der Waals surface area contributed by atoms with Crippen LogP contribution in [0.4, 0.5) is 0 Å². The van der Waals surface area contributed by atoms with E-state index in [2.05, 4.69) is 0 Å². The monoisotopic (exact) mass is 263 g/mol. The molecule has 0 aliphatic rings. The van der Waals surface area contributed by atoms with E-state index in [-0.39, 0.29) is 0 Å². The van der Waals surface area contributed by atoms with Crippen molar-refractivity contribution in [2.24, 2.45) is 5.73 Å². The van der Waals surface area contributed by atoms with Gasteiger partial charge in [0.05, 0.1) is 25.3 Å². The van der Waals surface area contributed by atoms with Gasteiger partial charge in [0, 0.05) is 11.6 Å². The maximum atomic E-state index is 6.00. The van der Waals surface area contributed by atoms with Crippen LogP contribution >= 0.6 is 23.2 Å². The summed E-state index contributed by atoms with van der Waals surface area (Å²) < 4.78 is 10.5. The zero-order valence-corrected chi connectivity index (χ0v) is 10.6. The fourth-order valence-corrected chi connectivity index (χ4v) is 2.01. The Balaban J connectivity index is 2.69. The first kappa shape index (κ1) is 13.6. The van der Waals surface area contributed by atoms with Gasteiger partial charge in [-0.25, -0.2) is 0 Å². The second-order valence-corrected chi connectivity index (χ2v) is 4.07. The first-order valence-electron chi connectivity index (χ1n) is 4.98. The van der Waals surface area contributed by atoms with E-state index in [1.807, 2.05) is 6.07 Å². The summed E-state index contributed by atoms with van der Waals surface area (Å²) in [6, 6.07) is 3.49. The third-order valence-corrected chi connectivity index (χ3v) is 2.57. The molecule has 2 N–H and O–H groups in total.